The van der Waals surface area contributed by atoms with Crippen molar-refractivity contribution in [1.29, 1.82) is 0 Å². The Morgan fingerprint density at radius 1 is 1.42 bits per heavy atom. The summed E-state index contributed by atoms with van der Waals surface area (Å²) in [5, 5.41) is 3.54. The second-order valence-electron chi connectivity index (χ2n) is 5.00. The highest BCUT2D eigenvalue weighted by atomic mass is 79.9. The molecule has 0 spiro atoms. The van der Waals surface area contributed by atoms with E-state index in [4.69, 9.17) is 17.3 Å². The van der Waals surface area contributed by atoms with Crippen molar-refractivity contribution in [2.24, 2.45) is 17.6 Å². The molecule has 1 aromatic rings. The van der Waals surface area contributed by atoms with Crippen LogP contribution in [-0.4, -0.2) is 12.5 Å². The summed E-state index contributed by atoms with van der Waals surface area (Å²) in [6.07, 6.45) is 4.26. The minimum atomic E-state index is 0.0289. The number of nitrogens with one attached hydrogen (secondary N) is 1. The lowest BCUT2D eigenvalue weighted by atomic mass is 9.78. The van der Waals surface area contributed by atoms with Crippen LogP contribution < -0.4 is 11.1 Å². The van der Waals surface area contributed by atoms with Gasteiger partial charge in [0.25, 0.3) is 0 Å². The van der Waals surface area contributed by atoms with Crippen LogP contribution in [0.25, 0.3) is 0 Å². The van der Waals surface area contributed by atoms with Gasteiger partial charge in [-0.1, -0.05) is 24.4 Å². The van der Waals surface area contributed by atoms with Crippen molar-refractivity contribution in [3.63, 3.8) is 0 Å². The molecule has 2 unspecified atom stereocenters. The summed E-state index contributed by atoms with van der Waals surface area (Å²) < 4.78 is 0.824. The highest BCUT2D eigenvalue weighted by molar-refractivity contribution is 9.10. The van der Waals surface area contributed by atoms with E-state index in [2.05, 4.69) is 21.2 Å². The number of hydrogen-bond donors (Lipinski definition) is 2. The van der Waals surface area contributed by atoms with Gasteiger partial charge in [-0.2, -0.15) is 0 Å². The molecule has 3 N–H and O–H groups in total. The molecule has 1 aliphatic carbocycles. The van der Waals surface area contributed by atoms with E-state index in [0.29, 0.717) is 17.5 Å². The van der Waals surface area contributed by atoms with Crippen LogP contribution >= 0.6 is 27.5 Å². The third-order valence-electron chi connectivity index (χ3n) is 3.74. The van der Waals surface area contributed by atoms with Crippen LogP contribution in [-0.2, 0) is 4.79 Å². The Hall–Kier alpha value is -0.580. The Morgan fingerprint density at radius 2 is 2.16 bits per heavy atom. The van der Waals surface area contributed by atoms with Crippen LogP contribution in [0.1, 0.15) is 25.7 Å². The van der Waals surface area contributed by atoms with Gasteiger partial charge in [-0.05, 0) is 59.4 Å². The zero-order chi connectivity index (χ0) is 13.8. The fourth-order valence-corrected chi connectivity index (χ4v) is 3.07. The second kappa shape index (κ2) is 6.73. The first-order valence-electron chi connectivity index (χ1n) is 6.58. The van der Waals surface area contributed by atoms with Crippen molar-refractivity contribution in [2.45, 2.75) is 25.7 Å². The fraction of sp³-hybridized carbons (Fsp3) is 0.500. The summed E-state index contributed by atoms with van der Waals surface area (Å²) in [7, 11) is 0. The monoisotopic (exact) mass is 344 g/mol. The number of amides is 1. The fourth-order valence-electron chi connectivity index (χ4n) is 2.64. The molecular weight excluding hydrogens is 328 g/mol. The topological polar surface area (TPSA) is 55.1 Å². The minimum Gasteiger partial charge on any atom is -0.330 e. The predicted molar refractivity (Wildman–Crippen MR) is 82.3 cm³/mol. The van der Waals surface area contributed by atoms with E-state index < -0.39 is 0 Å². The summed E-state index contributed by atoms with van der Waals surface area (Å²) in [6, 6.07) is 5.43. The van der Waals surface area contributed by atoms with Gasteiger partial charge in [0.1, 0.15) is 0 Å². The normalized spacial score (nSPS) is 23.1. The Kier molecular flexibility index (Phi) is 5.25. The van der Waals surface area contributed by atoms with E-state index >= 15 is 0 Å². The van der Waals surface area contributed by atoms with Crippen LogP contribution in [0.4, 0.5) is 5.69 Å². The number of rotatable bonds is 3. The molecule has 1 amide bonds. The van der Waals surface area contributed by atoms with E-state index in [1.54, 1.807) is 6.07 Å². The molecule has 2 rings (SSSR count). The lowest BCUT2D eigenvalue weighted by molar-refractivity contribution is -0.122. The van der Waals surface area contributed by atoms with Crippen LogP contribution in [0.15, 0.2) is 22.7 Å². The van der Waals surface area contributed by atoms with E-state index in [1.807, 2.05) is 12.1 Å². The SMILES string of the molecule is NCC1CCCCC1C(=O)Nc1ccc(Br)c(Cl)c1. The van der Waals surface area contributed by atoms with Gasteiger partial charge in [0.15, 0.2) is 0 Å². The summed E-state index contributed by atoms with van der Waals surface area (Å²) in [5.74, 6) is 0.398. The van der Waals surface area contributed by atoms with E-state index in [0.717, 1.165) is 29.4 Å². The maximum absolute atomic E-state index is 12.3. The standard InChI is InChI=1S/C14H18BrClN2O/c15-12-6-5-10(7-13(12)16)18-14(19)11-4-2-1-3-9(11)8-17/h5-7,9,11H,1-4,8,17H2,(H,18,19). The molecule has 1 aromatic carbocycles. The Labute approximate surface area is 127 Å². The number of carbonyl (C=O) groups is 1. The lowest BCUT2D eigenvalue weighted by Gasteiger charge is -2.29. The number of halogens is 2. The van der Waals surface area contributed by atoms with Crippen molar-refractivity contribution in [3.05, 3.63) is 27.7 Å². The Balaban J connectivity index is 2.05. The van der Waals surface area contributed by atoms with E-state index in [1.165, 1.54) is 6.42 Å². The largest absolute Gasteiger partial charge is 0.330 e. The van der Waals surface area contributed by atoms with Crippen LogP contribution in [0.3, 0.4) is 0 Å². The average Bonchev–Trinajstić information content (AvgIpc) is 2.43. The molecule has 0 aliphatic heterocycles. The lowest BCUT2D eigenvalue weighted by Crippen LogP contribution is -2.35. The first-order valence-corrected chi connectivity index (χ1v) is 7.75. The maximum Gasteiger partial charge on any atom is 0.227 e. The Bertz CT molecular complexity index is 467. The molecule has 0 bridgehead atoms. The second-order valence-corrected chi connectivity index (χ2v) is 6.27. The molecule has 1 saturated carbocycles. The summed E-state index contributed by atoms with van der Waals surface area (Å²) in [6.45, 7) is 0.583. The van der Waals surface area contributed by atoms with Crippen molar-refractivity contribution >= 4 is 39.1 Å². The van der Waals surface area contributed by atoms with Gasteiger partial charge in [-0.15, -0.1) is 0 Å². The number of nitrogens with two attached hydrogens (primary N) is 1. The average molecular weight is 346 g/mol. The number of carbonyl (C=O) groups excluding carboxylic acids is 1. The highest BCUT2D eigenvalue weighted by Crippen LogP contribution is 2.31. The molecule has 104 valence electrons. The van der Waals surface area contributed by atoms with Gasteiger partial charge >= 0.3 is 0 Å². The molecule has 0 saturated heterocycles. The summed E-state index contributed by atoms with van der Waals surface area (Å²) in [5.41, 5.74) is 6.50. The van der Waals surface area contributed by atoms with Gasteiger partial charge in [-0.25, -0.2) is 0 Å². The van der Waals surface area contributed by atoms with Gasteiger partial charge in [-0.3, -0.25) is 4.79 Å². The molecule has 5 heteroatoms. The third kappa shape index (κ3) is 3.71. The number of anilines is 1. The van der Waals surface area contributed by atoms with E-state index in [-0.39, 0.29) is 11.8 Å². The molecular formula is C14H18BrClN2O. The number of hydrogen-bond acceptors (Lipinski definition) is 2. The quantitative estimate of drug-likeness (QED) is 0.875. The minimum absolute atomic E-state index is 0.0289. The van der Waals surface area contributed by atoms with E-state index in [9.17, 15) is 4.79 Å². The molecule has 1 fully saturated rings. The predicted octanol–water partition coefficient (Wildman–Crippen LogP) is 3.81. The zero-order valence-corrected chi connectivity index (χ0v) is 13.0. The molecule has 19 heavy (non-hydrogen) atoms. The molecule has 1 aliphatic rings. The molecule has 0 radical (unpaired) electrons. The maximum atomic E-state index is 12.3. The summed E-state index contributed by atoms with van der Waals surface area (Å²) >= 11 is 9.35. The van der Waals surface area contributed by atoms with Crippen molar-refractivity contribution in [1.82, 2.24) is 0 Å². The highest BCUT2D eigenvalue weighted by Gasteiger charge is 2.29. The van der Waals surface area contributed by atoms with Crippen molar-refractivity contribution < 1.29 is 4.79 Å². The molecule has 0 aromatic heterocycles. The van der Waals surface area contributed by atoms with Crippen LogP contribution in [0, 0.1) is 11.8 Å². The van der Waals surface area contributed by atoms with Gasteiger partial charge < -0.3 is 11.1 Å². The van der Waals surface area contributed by atoms with Gasteiger partial charge in [0, 0.05) is 16.1 Å². The van der Waals surface area contributed by atoms with Crippen molar-refractivity contribution in [2.75, 3.05) is 11.9 Å². The van der Waals surface area contributed by atoms with Gasteiger partial charge in [0.05, 0.1) is 5.02 Å². The Morgan fingerprint density at radius 3 is 2.84 bits per heavy atom. The van der Waals surface area contributed by atoms with Gasteiger partial charge in [0.2, 0.25) is 5.91 Å². The molecule has 0 heterocycles. The first-order chi connectivity index (χ1) is 9.11. The molecule has 2 atom stereocenters. The first kappa shape index (κ1) is 14.8. The molecule has 3 nitrogen and oxygen atoms in total. The van der Waals surface area contributed by atoms with Crippen LogP contribution in [0.5, 0.6) is 0 Å². The zero-order valence-electron chi connectivity index (χ0n) is 10.7. The third-order valence-corrected chi connectivity index (χ3v) is 4.97. The summed E-state index contributed by atoms with van der Waals surface area (Å²) in [4.78, 5) is 12.3. The van der Waals surface area contributed by atoms with Crippen molar-refractivity contribution in [3.8, 4) is 0 Å². The smallest absolute Gasteiger partial charge is 0.227 e. The number of benzene rings is 1. The van der Waals surface area contributed by atoms with Crippen LogP contribution in [0.2, 0.25) is 5.02 Å².